The molecular weight excluding hydrogens is 264 g/mol. The fourth-order valence-electron chi connectivity index (χ4n) is 2.04. The van der Waals surface area contributed by atoms with Crippen molar-refractivity contribution in [1.29, 1.82) is 0 Å². The molecule has 0 aliphatic rings. The zero-order chi connectivity index (χ0) is 14.0. The number of aromatic nitrogens is 2. The molecule has 2 aromatic rings. The van der Waals surface area contributed by atoms with Crippen LogP contribution in [0.1, 0.15) is 12.2 Å². The van der Waals surface area contributed by atoms with Gasteiger partial charge in [0.15, 0.2) is 0 Å². The first-order valence-corrected chi connectivity index (χ1v) is 7.93. The number of hydrogen-bond donors (Lipinski definition) is 2. The van der Waals surface area contributed by atoms with E-state index in [2.05, 4.69) is 14.3 Å². The SMILES string of the molecule is Cc1nc2cc(N)ccc2n1CCCNS(C)(=O)=O. The third-order valence-corrected chi connectivity index (χ3v) is 3.61. The van der Waals surface area contributed by atoms with Gasteiger partial charge in [0.25, 0.3) is 0 Å². The summed E-state index contributed by atoms with van der Waals surface area (Å²) in [4.78, 5) is 4.45. The Bertz CT molecular complexity index is 691. The van der Waals surface area contributed by atoms with Gasteiger partial charge in [-0.3, -0.25) is 0 Å². The van der Waals surface area contributed by atoms with E-state index in [1.54, 1.807) is 0 Å². The van der Waals surface area contributed by atoms with Crippen LogP contribution >= 0.6 is 0 Å². The highest BCUT2D eigenvalue weighted by Gasteiger charge is 2.07. The van der Waals surface area contributed by atoms with E-state index in [0.717, 1.165) is 29.7 Å². The first-order valence-electron chi connectivity index (χ1n) is 6.04. The summed E-state index contributed by atoms with van der Waals surface area (Å²) in [6.07, 6.45) is 1.87. The van der Waals surface area contributed by atoms with Crippen molar-refractivity contribution in [2.75, 3.05) is 18.5 Å². The van der Waals surface area contributed by atoms with Crippen LogP contribution in [0.15, 0.2) is 18.2 Å². The number of fused-ring (bicyclic) bond motifs is 1. The van der Waals surface area contributed by atoms with E-state index in [-0.39, 0.29) is 0 Å². The summed E-state index contributed by atoms with van der Waals surface area (Å²) >= 11 is 0. The number of sulfonamides is 1. The summed E-state index contributed by atoms with van der Waals surface area (Å²) in [5, 5.41) is 0. The van der Waals surface area contributed by atoms with Crippen LogP contribution in [0, 0.1) is 6.92 Å². The summed E-state index contributed by atoms with van der Waals surface area (Å²) in [6.45, 7) is 3.07. The van der Waals surface area contributed by atoms with Gasteiger partial charge in [0.1, 0.15) is 5.82 Å². The van der Waals surface area contributed by atoms with Crippen LogP contribution in [0.4, 0.5) is 5.69 Å². The molecule has 19 heavy (non-hydrogen) atoms. The molecule has 2 rings (SSSR count). The predicted octanol–water partition coefficient (Wildman–Crippen LogP) is 0.866. The fourth-order valence-corrected chi connectivity index (χ4v) is 2.56. The summed E-state index contributed by atoms with van der Waals surface area (Å²) in [7, 11) is -3.11. The van der Waals surface area contributed by atoms with Gasteiger partial charge in [0.05, 0.1) is 17.3 Å². The average Bonchev–Trinajstić information content (AvgIpc) is 2.58. The predicted molar refractivity (Wildman–Crippen MR) is 76.3 cm³/mol. The Morgan fingerprint density at radius 2 is 2.16 bits per heavy atom. The van der Waals surface area contributed by atoms with Crippen LogP contribution in [0.5, 0.6) is 0 Å². The molecule has 3 N–H and O–H groups in total. The number of anilines is 1. The van der Waals surface area contributed by atoms with Crippen molar-refractivity contribution in [1.82, 2.24) is 14.3 Å². The Morgan fingerprint density at radius 1 is 1.42 bits per heavy atom. The van der Waals surface area contributed by atoms with Gasteiger partial charge in [-0.25, -0.2) is 18.1 Å². The summed E-state index contributed by atoms with van der Waals surface area (Å²) < 4.78 is 26.5. The van der Waals surface area contributed by atoms with Crippen LogP contribution < -0.4 is 10.5 Å². The van der Waals surface area contributed by atoms with Crippen molar-refractivity contribution >= 4 is 26.7 Å². The van der Waals surface area contributed by atoms with E-state index in [9.17, 15) is 8.42 Å². The van der Waals surface area contributed by atoms with Gasteiger partial charge in [-0.1, -0.05) is 0 Å². The normalized spacial score (nSPS) is 12.1. The van der Waals surface area contributed by atoms with Crippen LogP contribution in [-0.4, -0.2) is 30.8 Å². The Morgan fingerprint density at radius 3 is 2.84 bits per heavy atom. The number of nitrogens with two attached hydrogens (primary N) is 1. The maximum Gasteiger partial charge on any atom is 0.208 e. The molecule has 0 saturated heterocycles. The van der Waals surface area contributed by atoms with Gasteiger partial charge in [-0.2, -0.15) is 0 Å². The molecule has 1 heterocycles. The zero-order valence-electron chi connectivity index (χ0n) is 11.0. The summed E-state index contributed by atoms with van der Waals surface area (Å²) in [5.41, 5.74) is 8.31. The molecule has 1 aromatic carbocycles. The molecule has 0 unspecified atom stereocenters. The molecule has 6 nitrogen and oxygen atoms in total. The number of nitrogens with one attached hydrogen (secondary N) is 1. The average molecular weight is 282 g/mol. The van der Waals surface area contributed by atoms with Crippen molar-refractivity contribution in [3.8, 4) is 0 Å². The van der Waals surface area contributed by atoms with Gasteiger partial charge >= 0.3 is 0 Å². The van der Waals surface area contributed by atoms with Crippen molar-refractivity contribution in [2.45, 2.75) is 19.9 Å². The third kappa shape index (κ3) is 3.45. The van der Waals surface area contributed by atoms with Gasteiger partial charge in [-0.05, 0) is 31.5 Å². The van der Waals surface area contributed by atoms with Crippen LogP contribution in [0.2, 0.25) is 0 Å². The van der Waals surface area contributed by atoms with Gasteiger partial charge in [-0.15, -0.1) is 0 Å². The highest BCUT2D eigenvalue weighted by molar-refractivity contribution is 7.88. The molecule has 1 aromatic heterocycles. The van der Waals surface area contributed by atoms with Crippen LogP contribution in [-0.2, 0) is 16.6 Å². The minimum atomic E-state index is -3.11. The Kier molecular flexibility index (Phi) is 3.77. The third-order valence-electron chi connectivity index (χ3n) is 2.89. The highest BCUT2D eigenvalue weighted by atomic mass is 32.2. The Labute approximate surface area is 112 Å². The molecule has 0 aliphatic carbocycles. The molecule has 0 aliphatic heterocycles. The molecule has 7 heteroatoms. The zero-order valence-corrected chi connectivity index (χ0v) is 11.9. The van der Waals surface area contributed by atoms with E-state index in [1.807, 2.05) is 25.1 Å². The molecule has 0 radical (unpaired) electrons. The molecule has 0 fully saturated rings. The maximum atomic E-state index is 11.0. The summed E-state index contributed by atoms with van der Waals surface area (Å²) in [6, 6.07) is 5.62. The lowest BCUT2D eigenvalue weighted by Crippen LogP contribution is -2.23. The monoisotopic (exact) mass is 282 g/mol. The number of hydrogen-bond acceptors (Lipinski definition) is 4. The summed E-state index contributed by atoms with van der Waals surface area (Å²) in [5.74, 6) is 0.903. The second kappa shape index (κ2) is 5.18. The Balaban J connectivity index is 2.10. The van der Waals surface area contributed by atoms with E-state index >= 15 is 0 Å². The first-order chi connectivity index (χ1) is 8.87. The lowest BCUT2D eigenvalue weighted by molar-refractivity contribution is 0.575. The number of rotatable bonds is 5. The quantitative estimate of drug-likeness (QED) is 0.629. The highest BCUT2D eigenvalue weighted by Crippen LogP contribution is 2.18. The fraction of sp³-hybridized carbons (Fsp3) is 0.417. The van der Waals surface area contributed by atoms with Crippen LogP contribution in [0.3, 0.4) is 0 Å². The first kappa shape index (κ1) is 13.8. The van der Waals surface area contributed by atoms with Gasteiger partial charge < -0.3 is 10.3 Å². The smallest absolute Gasteiger partial charge is 0.208 e. The van der Waals surface area contributed by atoms with Crippen molar-refractivity contribution < 1.29 is 8.42 Å². The molecule has 0 atom stereocenters. The van der Waals surface area contributed by atoms with E-state index in [4.69, 9.17) is 5.73 Å². The van der Waals surface area contributed by atoms with Gasteiger partial charge in [0, 0.05) is 18.8 Å². The van der Waals surface area contributed by atoms with Crippen LogP contribution in [0.25, 0.3) is 11.0 Å². The molecule has 0 bridgehead atoms. The van der Waals surface area contributed by atoms with E-state index in [0.29, 0.717) is 18.7 Å². The van der Waals surface area contributed by atoms with E-state index < -0.39 is 10.0 Å². The molecule has 104 valence electrons. The Hall–Kier alpha value is -1.60. The second-order valence-corrected chi connectivity index (χ2v) is 6.41. The maximum absolute atomic E-state index is 11.0. The lowest BCUT2D eigenvalue weighted by atomic mass is 10.3. The number of benzene rings is 1. The topological polar surface area (TPSA) is 90.0 Å². The van der Waals surface area contributed by atoms with Crippen molar-refractivity contribution in [2.24, 2.45) is 0 Å². The second-order valence-electron chi connectivity index (χ2n) is 4.58. The standard InChI is InChI=1S/C12H18N4O2S/c1-9-15-11-8-10(13)4-5-12(11)16(9)7-3-6-14-19(2,17)18/h4-5,8,14H,3,6-7,13H2,1-2H3. The lowest BCUT2D eigenvalue weighted by Gasteiger charge is -2.07. The number of nitrogen functional groups attached to an aromatic ring is 1. The van der Waals surface area contributed by atoms with Gasteiger partial charge in [0.2, 0.25) is 10.0 Å². The minimum absolute atomic E-state index is 0.424. The molecule has 0 spiro atoms. The molecular formula is C12H18N4O2S. The molecule has 0 amide bonds. The van der Waals surface area contributed by atoms with Crippen molar-refractivity contribution in [3.05, 3.63) is 24.0 Å². The molecule has 0 saturated carbocycles. The number of nitrogens with zero attached hydrogens (tertiary/aromatic N) is 2. The number of aryl methyl sites for hydroxylation is 2. The minimum Gasteiger partial charge on any atom is -0.399 e. The van der Waals surface area contributed by atoms with E-state index in [1.165, 1.54) is 0 Å². The largest absolute Gasteiger partial charge is 0.399 e. The van der Waals surface area contributed by atoms with Crippen molar-refractivity contribution in [3.63, 3.8) is 0 Å². The number of imidazole rings is 1.